The van der Waals surface area contributed by atoms with Crippen molar-refractivity contribution in [3.05, 3.63) is 35.9 Å². The molecule has 1 aliphatic heterocycles. The summed E-state index contributed by atoms with van der Waals surface area (Å²) in [5.74, 6) is -0.802. The van der Waals surface area contributed by atoms with Crippen molar-refractivity contribution in [2.24, 2.45) is 5.92 Å². The van der Waals surface area contributed by atoms with Crippen LogP contribution in [0, 0.1) is 5.92 Å². The molecule has 21 heavy (non-hydrogen) atoms. The highest BCUT2D eigenvalue weighted by atomic mass is 16.5. The molecule has 0 bridgehead atoms. The molecule has 5 nitrogen and oxygen atoms in total. The summed E-state index contributed by atoms with van der Waals surface area (Å²) in [7, 11) is 2.88. The van der Waals surface area contributed by atoms with Crippen molar-refractivity contribution in [3.63, 3.8) is 0 Å². The minimum absolute atomic E-state index is 0.141. The largest absolute Gasteiger partial charge is 0.497 e. The van der Waals surface area contributed by atoms with E-state index in [1.807, 2.05) is 30.3 Å². The van der Waals surface area contributed by atoms with Gasteiger partial charge in [0.25, 0.3) is 0 Å². The van der Waals surface area contributed by atoms with E-state index in [-0.39, 0.29) is 12.2 Å². The molecule has 0 radical (unpaired) electrons. The zero-order valence-electron chi connectivity index (χ0n) is 12.1. The number of ether oxygens (including phenoxy) is 3. The topological polar surface area (TPSA) is 61.8 Å². The first kappa shape index (κ1) is 15.3. The predicted octanol–water partition coefficient (Wildman–Crippen LogP) is 1.86. The van der Waals surface area contributed by atoms with Gasteiger partial charge in [-0.25, -0.2) is 0 Å². The van der Waals surface area contributed by atoms with E-state index >= 15 is 0 Å². The lowest BCUT2D eigenvalue weighted by atomic mass is 9.92. The second-order valence-corrected chi connectivity index (χ2v) is 4.68. The normalized spacial score (nSPS) is 22.3. The number of esters is 1. The number of Topliss-reactive ketones (excluding diaryl/α,β-unsaturated/α-hetero) is 1. The van der Waals surface area contributed by atoms with Crippen molar-refractivity contribution in [1.29, 1.82) is 0 Å². The van der Waals surface area contributed by atoms with Crippen LogP contribution in [0.1, 0.15) is 12.0 Å². The summed E-state index contributed by atoms with van der Waals surface area (Å²) < 4.78 is 15.3. The Morgan fingerprint density at radius 2 is 2.00 bits per heavy atom. The number of hydrogen-bond donors (Lipinski definition) is 0. The molecule has 0 N–H and O–H groups in total. The molecule has 1 saturated heterocycles. The maximum Gasteiger partial charge on any atom is 0.319 e. The third-order valence-corrected chi connectivity index (χ3v) is 3.38. The highest BCUT2D eigenvalue weighted by molar-refractivity contribution is 6.00. The van der Waals surface area contributed by atoms with E-state index in [1.54, 1.807) is 13.2 Å². The molecule has 2 rings (SSSR count). The van der Waals surface area contributed by atoms with Crippen molar-refractivity contribution < 1.29 is 23.8 Å². The summed E-state index contributed by atoms with van der Waals surface area (Å²) in [6, 6.07) is 7.44. The van der Waals surface area contributed by atoms with Gasteiger partial charge >= 0.3 is 5.97 Å². The van der Waals surface area contributed by atoms with Gasteiger partial charge in [0, 0.05) is 6.42 Å². The summed E-state index contributed by atoms with van der Waals surface area (Å²) in [5, 5.41) is 0. The fourth-order valence-electron chi connectivity index (χ4n) is 2.21. The van der Waals surface area contributed by atoms with E-state index in [9.17, 15) is 9.59 Å². The Balaban J connectivity index is 2.12. The molecule has 0 spiro atoms. The number of carbonyl (C=O) groups is 2. The molecule has 1 heterocycles. The Morgan fingerprint density at radius 3 is 2.62 bits per heavy atom. The highest BCUT2D eigenvalue weighted by Gasteiger charge is 2.37. The van der Waals surface area contributed by atoms with Crippen molar-refractivity contribution >= 4 is 17.8 Å². The molecule has 1 fully saturated rings. The average molecular weight is 290 g/mol. The number of hydrogen-bond acceptors (Lipinski definition) is 5. The Hall–Kier alpha value is -2.14. The number of ketones is 1. The van der Waals surface area contributed by atoms with Crippen LogP contribution in [0.15, 0.2) is 30.3 Å². The summed E-state index contributed by atoms with van der Waals surface area (Å²) >= 11 is 0. The van der Waals surface area contributed by atoms with Crippen molar-refractivity contribution in [3.8, 4) is 5.75 Å². The minimum atomic E-state index is -0.877. The van der Waals surface area contributed by atoms with Gasteiger partial charge in [0.1, 0.15) is 11.7 Å². The highest BCUT2D eigenvalue weighted by Crippen LogP contribution is 2.21. The molecule has 0 aliphatic carbocycles. The van der Waals surface area contributed by atoms with Crippen LogP contribution in [0.5, 0.6) is 5.75 Å². The molecule has 1 aromatic rings. The molecular formula is C16H18O5. The first-order valence-electron chi connectivity index (χ1n) is 6.70. The number of benzene rings is 1. The molecule has 5 heteroatoms. The molecule has 0 saturated carbocycles. The monoisotopic (exact) mass is 290 g/mol. The Labute approximate surface area is 123 Å². The van der Waals surface area contributed by atoms with Crippen LogP contribution in [-0.2, 0) is 19.1 Å². The summed E-state index contributed by atoms with van der Waals surface area (Å²) in [5.41, 5.74) is 0.932. The standard InChI is InChI=1S/C16H18O5/c1-19-12-6-3-11(4-7-12)5-8-14-15(16(18)20-2)13(17)9-10-21-14/h3-8,14-15H,9-10H2,1-2H3/b8-5+/t14-,15+/m1/s1. The zero-order valence-corrected chi connectivity index (χ0v) is 12.1. The van der Waals surface area contributed by atoms with Gasteiger partial charge in [-0.05, 0) is 17.7 Å². The van der Waals surface area contributed by atoms with Crippen LogP contribution < -0.4 is 4.74 Å². The van der Waals surface area contributed by atoms with Gasteiger partial charge in [-0.1, -0.05) is 24.3 Å². The Bertz CT molecular complexity index is 524. The summed E-state index contributed by atoms with van der Waals surface area (Å²) in [6.07, 6.45) is 3.20. The third kappa shape index (κ3) is 3.70. The minimum Gasteiger partial charge on any atom is -0.497 e. The van der Waals surface area contributed by atoms with E-state index in [2.05, 4.69) is 4.74 Å². The Kier molecular flexibility index (Phi) is 5.11. The SMILES string of the molecule is COC(=O)[C@H]1C(=O)CCO[C@@H]1/C=C/c1ccc(OC)cc1. The van der Waals surface area contributed by atoms with E-state index in [4.69, 9.17) is 9.47 Å². The van der Waals surface area contributed by atoms with Gasteiger partial charge in [-0.15, -0.1) is 0 Å². The van der Waals surface area contributed by atoms with E-state index in [0.717, 1.165) is 11.3 Å². The zero-order chi connectivity index (χ0) is 15.2. The maximum atomic E-state index is 11.9. The van der Waals surface area contributed by atoms with Gasteiger partial charge in [-0.3, -0.25) is 9.59 Å². The lowest BCUT2D eigenvalue weighted by molar-refractivity contribution is -0.158. The second-order valence-electron chi connectivity index (χ2n) is 4.68. The van der Waals surface area contributed by atoms with Crippen molar-refractivity contribution in [2.45, 2.75) is 12.5 Å². The Morgan fingerprint density at radius 1 is 1.29 bits per heavy atom. The molecule has 1 aliphatic rings. The fourth-order valence-corrected chi connectivity index (χ4v) is 2.21. The van der Waals surface area contributed by atoms with E-state index in [0.29, 0.717) is 6.61 Å². The van der Waals surface area contributed by atoms with E-state index < -0.39 is 18.0 Å². The average Bonchev–Trinajstić information content (AvgIpc) is 2.52. The second kappa shape index (κ2) is 7.04. The van der Waals surface area contributed by atoms with Crippen LogP contribution in [0.3, 0.4) is 0 Å². The third-order valence-electron chi connectivity index (χ3n) is 3.38. The molecule has 112 valence electrons. The van der Waals surface area contributed by atoms with Crippen molar-refractivity contribution in [2.75, 3.05) is 20.8 Å². The van der Waals surface area contributed by atoms with Crippen LogP contribution in [0.4, 0.5) is 0 Å². The maximum absolute atomic E-state index is 11.9. The van der Waals surface area contributed by atoms with Crippen LogP contribution >= 0.6 is 0 Å². The number of methoxy groups -OCH3 is 2. The van der Waals surface area contributed by atoms with Crippen molar-refractivity contribution in [1.82, 2.24) is 0 Å². The smallest absolute Gasteiger partial charge is 0.319 e. The summed E-state index contributed by atoms with van der Waals surface area (Å²) in [6.45, 7) is 0.323. The number of rotatable bonds is 4. The molecular weight excluding hydrogens is 272 g/mol. The fraction of sp³-hybridized carbons (Fsp3) is 0.375. The summed E-state index contributed by atoms with van der Waals surface area (Å²) in [4.78, 5) is 23.6. The quantitative estimate of drug-likeness (QED) is 0.625. The van der Waals surface area contributed by atoms with Gasteiger partial charge in [-0.2, -0.15) is 0 Å². The molecule has 0 amide bonds. The lowest BCUT2D eigenvalue weighted by Gasteiger charge is -2.26. The first-order valence-corrected chi connectivity index (χ1v) is 6.70. The molecule has 2 atom stereocenters. The predicted molar refractivity (Wildman–Crippen MR) is 76.9 cm³/mol. The van der Waals surface area contributed by atoms with E-state index in [1.165, 1.54) is 7.11 Å². The van der Waals surface area contributed by atoms with Crippen LogP contribution in [-0.4, -0.2) is 38.7 Å². The van der Waals surface area contributed by atoms with Gasteiger partial charge in [0.15, 0.2) is 5.78 Å². The van der Waals surface area contributed by atoms with Gasteiger partial charge < -0.3 is 14.2 Å². The van der Waals surface area contributed by atoms with Crippen LogP contribution in [0.2, 0.25) is 0 Å². The molecule has 0 unspecified atom stereocenters. The number of carbonyl (C=O) groups excluding carboxylic acids is 2. The van der Waals surface area contributed by atoms with Gasteiger partial charge in [0.05, 0.1) is 26.9 Å². The van der Waals surface area contributed by atoms with Gasteiger partial charge in [0.2, 0.25) is 0 Å². The first-order chi connectivity index (χ1) is 10.2. The lowest BCUT2D eigenvalue weighted by Crippen LogP contribution is -2.41. The van der Waals surface area contributed by atoms with Crippen LogP contribution in [0.25, 0.3) is 6.08 Å². The molecule has 0 aromatic heterocycles. The molecule has 1 aromatic carbocycles.